The number of nitrogens with one attached hydrogen (secondary N) is 1. The third-order valence-corrected chi connectivity index (χ3v) is 6.43. The largest absolute Gasteiger partial charge is 0.431 e. The molecule has 4 rings (SSSR count). The first kappa shape index (κ1) is 21.4. The van der Waals surface area contributed by atoms with Crippen molar-refractivity contribution in [1.82, 2.24) is 14.5 Å². The van der Waals surface area contributed by atoms with Gasteiger partial charge in [-0.2, -0.15) is 8.78 Å². The summed E-state index contributed by atoms with van der Waals surface area (Å²) >= 11 is 1.29. The summed E-state index contributed by atoms with van der Waals surface area (Å²) in [6.07, 6.45) is -3.47. The highest BCUT2D eigenvalue weighted by atomic mass is 32.2. The van der Waals surface area contributed by atoms with E-state index in [0.29, 0.717) is 24.1 Å². The van der Waals surface area contributed by atoms with Gasteiger partial charge in [0.1, 0.15) is 17.1 Å². The molecule has 31 heavy (non-hydrogen) atoms. The Labute approximate surface area is 180 Å². The molecule has 0 aliphatic rings. The van der Waals surface area contributed by atoms with E-state index in [4.69, 9.17) is 5.14 Å². The molecule has 2 aromatic carbocycles. The Hall–Kier alpha value is -2.83. The number of hydrogen-bond acceptors (Lipinski definition) is 7. The van der Waals surface area contributed by atoms with Gasteiger partial charge in [0.25, 0.3) is 0 Å². The fraction of sp³-hybridized carbons (Fsp3) is 0.263. The summed E-state index contributed by atoms with van der Waals surface area (Å²) in [4.78, 5) is 8.91. The number of fused-ring (bicyclic) bond motifs is 3. The number of ether oxygens (including phenoxy) is 1. The van der Waals surface area contributed by atoms with Crippen LogP contribution in [0.15, 0.2) is 35.2 Å². The number of aryl methyl sites for hydroxylation is 2. The Morgan fingerprint density at radius 1 is 1.26 bits per heavy atom. The average Bonchev–Trinajstić information content (AvgIpc) is 3.20. The van der Waals surface area contributed by atoms with Gasteiger partial charge in [-0.1, -0.05) is 11.3 Å². The topological polar surface area (TPSA) is 112 Å². The second-order valence-electron chi connectivity index (χ2n) is 6.94. The Morgan fingerprint density at radius 2 is 2.00 bits per heavy atom. The summed E-state index contributed by atoms with van der Waals surface area (Å²) in [5.74, 6) is 0.618. The SMILES string of the molecule is CCn1c(C)nc2ccc3sc(Nc4cc(S(N)(=O)=O)ccc4OC(C)(F)F)nc3c21. The first-order valence-corrected chi connectivity index (χ1v) is 11.6. The molecule has 0 saturated heterocycles. The minimum Gasteiger partial charge on any atom is -0.431 e. The number of thiazole rings is 1. The van der Waals surface area contributed by atoms with Crippen molar-refractivity contribution in [2.75, 3.05) is 5.32 Å². The predicted molar refractivity (Wildman–Crippen MR) is 116 cm³/mol. The number of alkyl halides is 2. The number of primary sulfonamides is 1. The number of anilines is 2. The minimum atomic E-state index is -4.05. The number of benzene rings is 2. The van der Waals surface area contributed by atoms with Gasteiger partial charge < -0.3 is 14.6 Å². The molecule has 4 aromatic rings. The van der Waals surface area contributed by atoms with Crippen LogP contribution in [-0.4, -0.2) is 29.1 Å². The number of sulfonamides is 1. The highest BCUT2D eigenvalue weighted by Gasteiger charge is 2.26. The molecule has 0 aliphatic carbocycles. The molecule has 8 nitrogen and oxygen atoms in total. The monoisotopic (exact) mass is 467 g/mol. The Morgan fingerprint density at radius 3 is 2.65 bits per heavy atom. The molecule has 0 spiro atoms. The van der Waals surface area contributed by atoms with E-state index >= 15 is 0 Å². The van der Waals surface area contributed by atoms with Crippen LogP contribution in [0.5, 0.6) is 5.75 Å². The Kier molecular flexibility index (Phi) is 5.10. The number of halogens is 2. The van der Waals surface area contributed by atoms with E-state index in [-0.39, 0.29) is 16.3 Å². The highest BCUT2D eigenvalue weighted by molar-refractivity contribution is 7.89. The average molecular weight is 468 g/mol. The van der Waals surface area contributed by atoms with E-state index in [9.17, 15) is 17.2 Å². The molecule has 0 fully saturated rings. The molecule has 12 heteroatoms. The summed E-state index contributed by atoms with van der Waals surface area (Å²) in [5.41, 5.74) is 2.38. The number of imidazole rings is 1. The number of hydrogen-bond donors (Lipinski definition) is 2. The number of nitrogens with two attached hydrogens (primary N) is 1. The van der Waals surface area contributed by atoms with Crippen molar-refractivity contribution in [3.05, 3.63) is 36.2 Å². The molecule has 0 aliphatic heterocycles. The maximum Gasteiger partial charge on any atom is 0.394 e. The molecule has 164 valence electrons. The van der Waals surface area contributed by atoms with Crippen LogP contribution in [0.1, 0.15) is 19.7 Å². The molecule has 2 aromatic heterocycles. The van der Waals surface area contributed by atoms with Crippen LogP contribution in [0.2, 0.25) is 0 Å². The fourth-order valence-electron chi connectivity index (χ4n) is 3.34. The normalized spacial score (nSPS) is 12.6. The van der Waals surface area contributed by atoms with Crippen LogP contribution in [0.3, 0.4) is 0 Å². The first-order chi connectivity index (χ1) is 14.5. The van der Waals surface area contributed by atoms with E-state index in [0.717, 1.165) is 39.8 Å². The molecule has 0 unspecified atom stereocenters. The van der Waals surface area contributed by atoms with Crippen molar-refractivity contribution < 1.29 is 21.9 Å². The highest BCUT2D eigenvalue weighted by Crippen LogP contribution is 2.37. The number of rotatable bonds is 6. The molecule has 0 amide bonds. The van der Waals surface area contributed by atoms with Gasteiger partial charge in [0.2, 0.25) is 10.0 Å². The third kappa shape index (κ3) is 4.18. The van der Waals surface area contributed by atoms with Crippen LogP contribution in [0.4, 0.5) is 19.6 Å². The predicted octanol–water partition coefficient (Wildman–Crippen LogP) is 4.36. The lowest BCUT2D eigenvalue weighted by Gasteiger charge is -2.17. The summed E-state index contributed by atoms with van der Waals surface area (Å²) in [7, 11) is -4.05. The number of nitrogens with zero attached hydrogens (tertiary/aromatic N) is 3. The zero-order valence-corrected chi connectivity index (χ0v) is 18.4. The van der Waals surface area contributed by atoms with Crippen LogP contribution in [0, 0.1) is 6.92 Å². The summed E-state index contributed by atoms with van der Waals surface area (Å²) in [6.45, 7) is 5.22. The Balaban J connectivity index is 1.83. The summed E-state index contributed by atoms with van der Waals surface area (Å²) in [6, 6.07) is 7.14. The van der Waals surface area contributed by atoms with E-state index in [1.807, 2.05) is 30.5 Å². The first-order valence-electron chi connectivity index (χ1n) is 9.23. The molecule has 0 radical (unpaired) electrons. The number of aromatic nitrogens is 3. The standard InChI is InChI=1S/C19H19F2N5O3S2/c1-4-26-10(2)23-12-6-8-15-16(17(12)26)25-18(30-15)24-13-9-11(31(22,27)28)5-7-14(13)29-19(3,20)21/h5-9H,4H2,1-3H3,(H,24,25)(H2,22,27,28). The smallest absolute Gasteiger partial charge is 0.394 e. The van der Waals surface area contributed by atoms with Crippen molar-refractivity contribution in [2.45, 2.75) is 38.3 Å². The van der Waals surface area contributed by atoms with Crippen molar-refractivity contribution in [2.24, 2.45) is 5.14 Å². The lowest BCUT2D eigenvalue weighted by Crippen LogP contribution is -2.20. The van der Waals surface area contributed by atoms with Crippen molar-refractivity contribution in [3.63, 3.8) is 0 Å². The fourth-order valence-corrected chi connectivity index (χ4v) is 4.76. The van der Waals surface area contributed by atoms with Gasteiger partial charge in [-0.25, -0.2) is 23.5 Å². The van der Waals surface area contributed by atoms with Gasteiger partial charge in [-0.3, -0.25) is 0 Å². The molecule has 3 N–H and O–H groups in total. The van der Waals surface area contributed by atoms with Crippen molar-refractivity contribution >= 4 is 53.4 Å². The molecular formula is C19H19F2N5O3S2. The van der Waals surface area contributed by atoms with Crippen molar-refractivity contribution in [1.29, 1.82) is 0 Å². The van der Waals surface area contributed by atoms with E-state index in [1.165, 1.54) is 11.3 Å². The van der Waals surface area contributed by atoms with Gasteiger partial charge in [0, 0.05) is 13.5 Å². The van der Waals surface area contributed by atoms with Crippen LogP contribution < -0.4 is 15.2 Å². The molecule has 0 bridgehead atoms. The lowest BCUT2D eigenvalue weighted by molar-refractivity contribution is -0.158. The zero-order chi connectivity index (χ0) is 22.6. The second-order valence-corrected chi connectivity index (χ2v) is 9.53. The molecule has 0 saturated carbocycles. The van der Waals surface area contributed by atoms with Gasteiger partial charge in [0.15, 0.2) is 5.13 Å². The van der Waals surface area contributed by atoms with Gasteiger partial charge >= 0.3 is 6.11 Å². The van der Waals surface area contributed by atoms with E-state index in [1.54, 1.807) is 0 Å². The van der Waals surface area contributed by atoms with E-state index in [2.05, 4.69) is 20.0 Å². The van der Waals surface area contributed by atoms with Gasteiger partial charge in [-0.15, -0.1) is 0 Å². The third-order valence-electron chi connectivity index (χ3n) is 4.58. The van der Waals surface area contributed by atoms with Crippen LogP contribution in [-0.2, 0) is 16.6 Å². The second kappa shape index (κ2) is 7.39. The Bertz CT molecular complexity index is 1410. The van der Waals surface area contributed by atoms with Gasteiger partial charge in [-0.05, 0) is 44.2 Å². The van der Waals surface area contributed by atoms with Gasteiger partial charge in [0.05, 0.1) is 26.3 Å². The maximum absolute atomic E-state index is 13.5. The van der Waals surface area contributed by atoms with Crippen LogP contribution in [0.25, 0.3) is 21.3 Å². The quantitative estimate of drug-likeness (QED) is 0.436. The maximum atomic E-state index is 13.5. The summed E-state index contributed by atoms with van der Waals surface area (Å²) < 4.78 is 58.0. The summed E-state index contributed by atoms with van der Waals surface area (Å²) in [5, 5.41) is 8.47. The van der Waals surface area contributed by atoms with Crippen LogP contribution >= 0.6 is 11.3 Å². The zero-order valence-electron chi connectivity index (χ0n) is 16.8. The minimum absolute atomic E-state index is 0.00327. The molecular weight excluding hydrogens is 448 g/mol. The molecule has 2 heterocycles. The van der Waals surface area contributed by atoms with Crippen molar-refractivity contribution in [3.8, 4) is 5.75 Å². The molecule has 0 atom stereocenters. The lowest BCUT2D eigenvalue weighted by atomic mass is 10.3. The van der Waals surface area contributed by atoms with E-state index < -0.39 is 16.1 Å².